The molecule has 0 amide bonds. The maximum absolute atomic E-state index is 8.27. The van der Waals surface area contributed by atoms with Crippen molar-refractivity contribution in [2.24, 2.45) is 0 Å². The molecule has 0 unspecified atom stereocenters. The number of nitrogens with zero attached hydrogens (tertiary/aromatic N) is 2. The lowest BCUT2D eigenvalue weighted by molar-refractivity contribution is 1.34. The topological polar surface area (TPSA) is 48.7 Å². The predicted molar refractivity (Wildman–Crippen MR) is 43.1 cm³/mol. The molecule has 0 spiro atoms. The third kappa shape index (κ3) is 1.62. The van der Waals surface area contributed by atoms with Crippen molar-refractivity contribution in [1.82, 2.24) is 4.98 Å². The van der Waals surface area contributed by atoms with Crippen LogP contribution in [-0.4, -0.2) is 12.0 Å². The molecule has 1 aromatic heterocycles. The summed E-state index contributed by atoms with van der Waals surface area (Å²) in [6, 6.07) is 0. The second-order valence-corrected chi connectivity index (χ2v) is 3.54. The molecule has 3 nitrogen and oxygen atoms in total. The van der Waals surface area contributed by atoms with E-state index in [4.69, 9.17) is 5.26 Å². The van der Waals surface area contributed by atoms with E-state index in [1.54, 1.807) is 13.2 Å². The van der Waals surface area contributed by atoms with Crippen molar-refractivity contribution in [1.29, 1.82) is 5.26 Å². The lowest BCUT2D eigenvalue weighted by atomic mass is 11.0. The Morgan fingerprint density at radius 1 is 1.90 bits per heavy atom. The molecule has 1 rings (SSSR count). The van der Waals surface area contributed by atoms with Crippen LogP contribution in [0.4, 0.5) is 5.13 Å². The van der Waals surface area contributed by atoms with E-state index in [0.717, 1.165) is 21.1 Å². The zero-order valence-corrected chi connectivity index (χ0v) is 6.92. The number of rotatable bonds is 2. The highest BCUT2D eigenvalue weighted by Crippen LogP contribution is 2.26. The zero-order valence-electron chi connectivity index (χ0n) is 5.29. The zero-order chi connectivity index (χ0) is 7.40. The average Bonchev–Trinajstić information content (AvgIpc) is 2.37. The van der Waals surface area contributed by atoms with Crippen molar-refractivity contribution in [3.8, 4) is 5.40 Å². The summed E-state index contributed by atoms with van der Waals surface area (Å²) >= 11 is 2.61. The summed E-state index contributed by atoms with van der Waals surface area (Å²) in [7, 11) is 1.81. The van der Waals surface area contributed by atoms with E-state index in [-0.39, 0.29) is 0 Å². The van der Waals surface area contributed by atoms with Crippen molar-refractivity contribution in [2.45, 2.75) is 4.21 Å². The maximum atomic E-state index is 8.27. The normalized spacial score (nSPS) is 8.80. The number of thioether (sulfide) groups is 1. The van der Waals surface area contributed by atoms with Gasteiger partial charge in [-0.2, -0.15) is 5.26 Å². The Morgan fingerprint density at radius 2 is 2.70 bits per heavy atom. The molecule has 1 aromatic rings. The largest absolute Gasteiger partial charge is 0.365 e. The van der Waals surface area contributed by atoms with Gasteiger partial charge in [-0.1, -0.05) is 11.3 Å². The molecule has 0 aliphatic rings. The van der Waals surface area contributed by atoms with Gasteiger partial charge in [0, 0.05) is 18.8 Å². The first kappa shape index (κ1) is 7.38. The molecule has 52 valence electrons. The van der Waals surface area contributed by atoms with Crippen LogP contribution in [-0.2, 0) is 0 Å². The van der Waals surface area contributed by atoms with Crippen molar-refractivity contribution >= 4 is 28.2 Å². The monoisotopic (exact) mass is 171 g/mol. The molecule has 0 saturated heterocycles. The molecule has 0 radical (unpaired) electrons. The van der Waals surface area contributed by atoms with Crippen LogP contribution in [0.3, 0.4) is 0 Å². The number of nitriles is 1. The van der Waals surface area contributed by atoms with E-state index in [9.17, 15) is 0 Å². The van der Waals surface area contributed by atoms with Gasteiger partial charge in [-0.25, -0.2) is 4.98 Å². The summed E-state index contributed by atoms with van der Waals surface area (Å²) in [6.45, 7) is 0. The number of thiocyanates is 1. The molecule has 0 fully saturated rings. The Morgan fingerprint density at radius 3 is 3.20 bits per heavy atom. The van der Waals surface area contributed by atoms with E-state index in [2.05, 4.69) is 10.3 Å². The third-order valence-electron chi connectivity index (χ3n) is 0.845. The fourth-order valence-corrected chi connectivity index (χ4v) is 1.68. The van der Waals surface area contributed by atoms with Crippen LogP contribution in [0.15, 0.2) is 10.4 Å². The average molecular weight is 171 g/mol. The Balaban J connectivity index is 2.70. The Bertz CT molecular complexity index is 250. The molecule has 5 heteroatoms. The molecule has 1 N–H and O–H groups in total. The fourth-order valence-electron chi connectivity index (χ4n) is 0.467. The Hall–Kier alpha value is -0.730. The first-order valence-electron chi connectivity index (χ1n) is 2.56. The number of nitrogens with one attached hydrogen (secondary N) is 1. The van der Waals surface area contributed by atoms with Gasteiger partial charge in [0.2, 0.25) is 0 Å². The lowest BCUT2D eigenvalue weighted by Crippen LogP contribution is -1.83. The van der Waals surface area contributed by atoms with Crippen molar-refractivity contribution in [3.63, 3.8) is 0 Å². The van der Waals surface area contributed by atoms with Gasteiger partial charge in [0.1, 0.15) is 5.40 Å². The van der Waals surface area contributed by atoms with Crippen LogP contribution in [0.25, 0.3) is 0 Å². The lowest BCUT2D eigenvalue weighted by Gasteiger charge is -1.85. The summed E-state index contributed by atoms with van der Waals surface area (Å²) in [5.41, 5.74) is 0. The molecule has 10 heavy (non-hydrogen) atoms. The second kappa shape index (κ2) is 3.44. The second-order valence-electron chi connectivity index (χ2n) is 1.43. The highest BCUT2D eigenvalue weighted by Gasteiger charge is 1.98. The minimum absolute atomic E-state index is 0.845. The molecule has 1 heterocycles. The first-order valence-corrected chi connectivity index (χ1v) is 4.19. The molecular weight excluding hydrogens is 166 g/mol. The quantitative estimate of drug-likeness (QED) is 0.544. The molecular formula is C5H5N3S2. The van der Waals surface area contributed by atoms with Crippen LogP contribution in [0.1, 0.15) is 0 Å². The summed E-state index contributed by atoms with van der Waals surface area (Å²) < 4.78 is 0.923. The maximum Gasteiger partial charge on any atom is 0.183 e. The number of hydrogen-bond acceptors (Lipinski definition) is 5. The fraction of sp³-hybridized carbons (Fsp3) is 0.200. The molecule has 0 saturated carbocycles. The smallest absolute Gasteiger partial charge is 0.183 e. The van der Waals surface area contributed by atoms with Crippen LogP contribution in [0.5, 0.6) is 0 Å². The molecule has 0 aliphatic heterocycles. The van der Waals surface area contributed by atoms with E-state index in [1.165, 1.54) is 11.3 Å². The summed E-state index contributed by atoms with van der Waals surface area (Å²) in [5.74, 6) is 0. The van der Waals surface area contributed by atoms with E-state index >= 15 is 0 Å². The first-order chi connectivity index (χ1) is 4.86. The van der Waals surface area contributed by atoms with Crippen molar-refractivity contribution < 1.29 is 0 Å². The van der Waals surface area contributed by atoms with E-state index in [1.807, 2.05) is 5.40 Å². The number of hydrogen-bond donors (Lipinski definition) is 1. The highest BCUT2D eigenvalue weighted by atomic mass is 32.2. The minimum Gasteiger partial charge on any atom is -0.365 e. The van der Waals surface area contributed by atoms with Crippen molar-refractivity contribution in [2.75, 3.05) is 12.4 Å². The van der Waals surface area contributed by atoms with Gasteiger partial charge in [-0.15, -0.1) is 0 Å². The van der Waals surface area contributed by atoms with Gasteiger partial charge in [0.25, 0.3) is 0 Å². The van der Waals surface area contributed by atoms with Crippen LogP contribution in [0.2, 0.25) is 0 Å². The van der Waals surface area contributed by atoms with E-state index < -0.39 is 0 Å². The standard InChI is InChI=1S/C5H5N3S2/c1-7-5-8-2-4(10-5)9-3-6/h2H,1H3,(H,7,8). The molecule has 0 atom stereocenters. The Labute approximate surface area is 67.1 Å². The SMILES string of the molecule is CNc1ncc(SC#N)s1. The summed E-state index contributed by atoms with van der Waals surface area (Å²) in [5, 5.41) is 14.0. The number of anilines is 1. The molecule has 0 aliphatic carbocycles. The van der Waals surface area contributed by atoms with Gasteiger partial charge in [0.15, 0.2) is 5.13 Å². The molecule has 0 bridgehead atoms. The Kier molecular flexibility index (Phi) is 2.54. The van der Waals surface area contributed by atoms with Gasteiger partial charge in [-0.3, -0.25) is 0 Å². The number of aromatic nitrogens is 1. The highest BCUT2D eigenvalue weighted by molar-refractivity contribution is 8.05. The number of thiazole rings is 1. The summed E-state index contributed by atoms with van der Waals surface area (Å²) in [6.07, 6.45) is 1.68. The van der Waals surface area contributed by atoms with Crippen LogP contribution < -0.4 is 5.32 Å². The van der Waals surface area contributed by atoms with E-state index in [0.29, 0.717) is 0 Å². The predicted octanol–water partition coefficient (Wildman–Crippen LogP) is 1.76. The van der Waals surface area contributed by atoms with Crippen LogP contribution >= 0.6 is 23.1 Å². The summed E-state index contributed by atoms with van der Waals surface area (Å²) in [4.78, 5) is 3.99. The van der Waals surface area contributed by atoms with Gasteiger partial charge < -0.3 is 5.32 Å². The van der Waals surface area contributed by atoms with Gasteiger partial charge in [-0.05, 0) is 0 Å². The molecule has 0 aromatic carbocycles. The van der Waals surface area contributed by atoms with Crippen molar-refractivity contribution in [3.05, 3.63) is 6.20 Å². The minimum atomic E-state index is 0.845. The van der Waals surface area contributed by atoms with Gasteiger partial charge in [0.05, 0.1) is 10.4 Å². The van der Waals surface area contributed by atoms with Gasteiger partial charge >= 0.3 is 0 Å². The third-order valence-corrected chi connectivity index (χ3v) is 2.55. The van der Waals surface area contributed by atoms with Crippen LogP contribution in [0, 0.1) is 10.7 Å².